The van der Waals surface area contributed by atoms with E-state index in [1.54, 1.807) is 12.1 Å². The molecule has 1 aliphatic rings. The molecule has 0 atom stereocenters. The average molecular weight is 356 g/mol. The average Bonchev–Trinajstić information content (AvgIpc) is 2.69. The minimum absolute atomic E-state index is 0.236. The Bertz CT molecular complexity index is 773. The highest BCUT2D eigenvalue weighted by molar-refractivity contribution is 5.98. The van der Waals surface area contributed by atoms with Crippen molar-refractivity contribution >= 4 is 23.5 Å². The van der Waals surface area contributed by atoms with E-state index >= 15 is 0 Å². The van der Waals surface area contributed by atoms with Gasteiger partial charge in [0.25, 0.3) is 5.91 Å². The molecule has 2 heterocycles. The van der Waals surface area contributed by atoms with Gasteiger partial charge in [0.15, 0.2) is 0 Å². The number of benzene rings is 1. The fourth-order valence-corrected chi connectivity index (χ4v) is 2.86. The molecule has 0 unspecified atom stereocenters. The van der Waals surface area contributed by atoms with Crippen molar-refractivity contribution < 1.29 is 14.8 Å². The number of piperidine rings is 1. The van der Waals surface area contributed by atoms with E-state index in [1.807, 2.05) is 23.1 Å². The van der Waals surface area contributed by atoms with Crippen molar-refractivity contribution in [3.8, 4) is 0 Å². The highest BCUT2D eigenvalue weighted by atomic mass is 16.5. The van der Waals surface area contributed by atoms with Crippen molar-refractivity contribution in [3.05, 3.63) is 48.3 Å². The molecule has 136 valence electrons. The number of carbonyl (C=O) groups is 2. The van der Waals surface area contributed by atoms with Gasteiger partial charge in [-0.2, -0.15) is 5.48 Å². The Hall–Kier alpha value is -3.04. The van der Waals surface area contributed by atoms with Crippen molar-refractivity contribution in [2.45, 2.75) is 18.4 Å². The predicted molar refractivity (Wildman–Crippen MR) is 94.7 cm³/mol. The molecule has 9 nitrogen and oxygen atoms in total. The van der Waals surface area contributed by atoms with Crippen LogP contribution in [0.3, 0.4) is 0 Å². The van der Waals surface area contributed by atoms with E-state index in [0.29, 0.717) is 37.6 Å². The van der Waals surface area contributed by atoms with Crippen molar-refractivity contribution in [1.29, 1.82) is 0 Å². The zero-order valence-electron chi connectivity index (χ0n) is 14.1. The lowest BCUT2D eigenvalue weighted by atomic mass is 9.87. The van der Waals surface area contributed by atoms with Gasteiger partial charge in [-0.15, -0.1) is 0 Å². The number of carbonyl (C=O) groups excluding carboxylic acids is 2. The minimum Gasteiger partial charge on any atom is -0.366 e. The number of para-hydroxylation sites is 1. The molecule has 5 N–H and O–H groups in total. The van der Waals surface area contributed by atoms with E-state index in [1.165, 1.54) is 12.4 Å². The molecule has 26 heavy (non-hydrogen) atoms. The molecule has 1 aromatic carbocycles. The van der Waals surface area contributed by atoms with Crippen molar-refractivity contribution in [2.24, 2.45) is 5.73 Å². The zero-order chi connectivity index (χ0) is 18.6. The van der Waals surface area contributed by atoms with Crippen LogP contribution in [0.1, 0.15) is 23.2 Å². The second-order valence-corrected chi connectivity index (χ2v) is 6.14. The first-order chi connectivity index (χ1) is 12.5. The zero-order valence-corrected chi connectivity index (χ0v) is 14.1. The largest absolute Gasteiger partial charge is 0.366 e. The lowest BCUT2D eigenvalue weighted by Gasteiger charge is -2.39. The predicted octanol–water partition coefficient (Wildman–Crippen LogP) is 0.532. The number of aromatic nitrogens is 2. The number of amides is 2. The molecule has 9 heteroatoms. The molecular formula is C17H20N6O3. The van der Waals surface area contributed by atoms with Gasteiger partial charge < -0.3 is 21.2 Å². The SMILES string of the molecule is NC(=O)c1cnc(N2CCC(NO)(C(=O)Nc3ccccc3)CC2)nc1. The summed E-state index contributed by atoms with van der Waals surface area (Å²) < 4.78 is 0. The number of rotatable bonds is 5. The maximum atomic E-state index is 12.6. The Balaban J connectivity index is 1.66. The molecule has 1 saturated heterocycles. The molecule has 2 aromatic rings. The van der Waals surface area contributed by atoms with E-state index in [0.717, 1.165) is 0 Å². The lowest BCUT2D eigenvalue weighted by Crippen LogP contribution is -2.59. The topological polar surface area (TPSA) is 133 Å². The summed E-state index contributed by atoms with van der Waals surface area (Å²) in [5.74, 6) is -0.433. The van der Waals surface area contributed by atoms with Gasteiger partial charge >= 0.3 is 0 Å². The minimum atomic E-state index is -1.08. The van der Waals surface area contributed by atoms with Crippen LogP contribution >= 0.6 is 0 Å². The molecule has 0 aliphatic carbocycles. The number of nitrogens with zero attached hydrogens (tertiary/aromatic N) is 3. The van der Waals surface area contributed by atoms with Crippen LogP contribution in [0.15, 0.2) is 42.7 Å². The third-order valence-corrected chi connectivity index (χ3v) is 4.50. The van der Waals surface area contributed by atoms with Gasteiger partial charge in [0.05, 0.1) is 5.56 Å². The maximum Gasteiger partial charge on any atom is 0.251 e. The number of primary amides is 1. The molecule has 0 radical (unpaired) electrons. The van der Waals surface area contributed by atoms with E-state index < -0.39 is 11.4 Å². The number of nitrogens with one attached hydrogen (secondary N) is 2. The van der Waals surface area contributed by atoms with Gasteiger partial charge in [0.1, 0.15) is 5.54 Å². The van der Waals surface area contributed by atoms with Gasteiger partial charge in [-0.1, -0.05) is 18.2 Å². The Morgan fingerprint density at radius 1 is 1.12 bits per heavy atom. The summed E-state index contributed by atoms with van der Waals surface area (Å²) in [6, 6.07) is 9.07. The van der Waals surface area contributed by atoms with E-state index in [2.05, 4.69) is 20.8 Å². The first-order valence-electron chi connectivity index (χ1n) is 8.19. The van der Waals surface area contributed by atoms with Gasteiger partial charge in [-0.3, -0.25) is 9.59 Å². The Kier molecular flexibility index (Phi) is 5.10. The van der Waals surface area contributed by atoms with Crippen molar-refractivity contribution in [2.75, 3.05) is 23.3 Å². The van der Waals surface area contributed by atoms with Crippen molar-refractivity contribution in [3.63, 3.8) is 0 Å². The van der Waals surface area contributed by atoms with Crippen LogP contribution in [-0.2, 0) is 4.79 Å². The summed E-state index contributed by atoms with van der Waals surface area (Å²) >= 11 is 0. The number of hydrogen-bond donors (Lipinski definition) is 4. The standard InChI is InChI=1S/C17H20N6O3/c18-14(24)12-10-19-16(20-11-12)23-8-6-17(22-26,7-9-23)15(25)21-13-4-2-1-3-5-13/h1-5,10-11,22,26H,6-9H2,(H2,18,24)(H,21,25). The molecular weight excluding hydrogens is 336 g/mol. The summed E-state index contributed by atoms with van der Waals surface area (Å²) in [6.45, 7) is 0.928. The number of anilines is 2. The number of nitrogens with two attached hydrogens (primary N) is 1. The highest BCUT2D eigenvalue weighted by Crippen LogP contribution is 2.26. The highest BCUT2D eigenvalue weighted by Gasteiger charge is 2.41. The van der Waals surface area contributed by atoms with Crippen LogP contribution in [0, 0.1) is 0 Å². The number of hydrogen-bond acceptors (Lipinski definition) is 7. The number of hydroxylamine groups is 1. The van der Waals surface area contributed by atoms with E-state index in [4.69, 9.17) is 5.73 Å². The quantitative estimate of drug-likeness (QED) is 0.574. The summed E-state index contributed by atoms with van der Waals surface area (Å²) in [7, 11) is 0. The first kappa shape index (κ1) is 17.8. The summed E-state index contributed by atoms with van der Waals surface area (Å²) in [6.07, 6.45) is 3.48. The van der Waals surface area contributed by atoms with Crippen molar-refractivity contribution in [1.82, 2.24) is 15.4 Å². The fraction of sp³-hybridized carbons (Fsp3) is 0.294. The Labute approximate surface area is 150 Å². The molecule has 3 rings (SSSR count). The van der Waals surface area contributed by atoms with Crippen LogP contribution in [-0.4, -0.2) is 45.6 Å². The van der Waals surface area contributed by atoms with Crippen LogP contribution < -0.4 is 21.4 Å². The summed E-state index contributed by atoms with van der Waals surface area (Å²) in [5.41, 5.74) is 7.19. The van der Waals surface area contributed by atoms with Gasteiger partial charge in [0, 0.05) is 31.2 Å². The van der Waals surface area contributed by atoms with Gasteiger partial charge in [0.2, 0.25) is 11.9 Å². The third-order valence-electron chi connectivity index (χ3n) is 4.50. The normalized spacial score (nSPS) is 16.1. The van der Waals surface area contributed by atoms with E-state index in [9.17, 15) is 14.8 Å². The smallest absolute Gasteiger partial charge is 0.251 e. The molecule has 0 saturated carbocycles. The van der Waals surface area contributed by atoms with Crippen LogP contribution in [0.2, 0.25) is 0 Å². The Morgan fingerprint density at radius 2 is 1.73 bits per heavy atom. The molecule has 1 aromatic heterocycles. The summed E-state index contributed by atoms with van der Waals surface area (Å²) in [5, 5.41) is 12.4. The second-order valence-electron chi connectivity index (χ2n) is 6.14. The fourth-order valence-electron chi connectivity index (χ4n) is 2.86. The van der Waals surface area contributed by atoms with E-state index in [-0.39, 0.29) is 11.5 Å². The molecule has 1 aliphatic heterocycles. The molecule has 0 spiro atoms. The molecule has 1 fully saturated rings. The van der Waals surface area contributed by atoms with Crippen LogP contribution in [0.25, 0.3) is 0 Å². The maximum absolute atomic E-state index is 12.6. The summed E-state index contributed by atoms with van der Waals surface area (Å²) in [4.78, 5) is 33.9. The first-order valence-corrected chi connectivity index (χ1v) is 8.19. The van der Waals surface area contributed by atoms with Crippen LogP contribution in [0.5, 0.6) is 0 Å². The lowest BCUT2D eigenvalue weighted by molar-refractivity contribution is -0.128. The third kappa shape index (κ3) is 3.63. The Morgan fingerprint density at radius 3 is 2.27 bits per heavy atom. The van der Waals surface area contributed by atoms with Gasteiger partial charge in [-0.05, 0) is 25.0 Å². The molecule has 0 bridgehead atoms. The second kappa shape index (κ2) is 7.46. The van der Waals surface area contributed by atoms with Crippen LogP contribution in [0.4, 0.5) is 11.6 Å². The van der Waals surface area contributed by atoms with Gasteiger partial charge in [-0.25, -0.2) is 9.97 Å². The molecule has 2 amide bonds. The monoisotopic (exact) mass is 356 g/mol.